The van der Waals surface area contributed by atoms with Gasteiger partial charge in [0.05, 0.1) is 5.69 Å². The first-order valence-corrected chi connectivity index (χ1v) is 8.18. The molecular formula is C18H20N4O2. The molecule has 2 aliphatic rings. The molecule has 6 nitrogen and oxygen atoms in total. The van der Waals surface area contributed by atoms with Gasteiger partial charge in [-0.25, -0.2) is 0 Å². The van der Waals surface area contributed by atoms with Gasteiger partial charge in [-0.3, -0.25) is 4.79 Å². The molecule has 1 unspecified atom stereocenters. The largest absolute Gasteiger partial charge is 0.480 e. The van der Waals surface area contributed by atoms with E-state index in [2.05, 4.69) is 10.2 Å². The van der Waals surface area contributed by atoms with Crippen molar-refractivity contribution < 1.29 is 9.53 Å². The van der Waals surface area contributed by atoms with Gasteiger partial charge in [-0.05, 0) is 23.3 Å². The second-order valence-electron chi connectivity index (χ2n) is 6.50. The van der Waals surface area contributed by atoms with Crippen molar-refractivity contribution in [2.75, 3.05) is 25.5 Å². The van der Waals surface area contributed by atoms with Gasteiger partial charge in [0, 0.05) is 40.0 Å². The van der Waals surface area contributed by atoms with Crippen molar-refractivity contribution in [3.05, 3.63) is 47.2 Å². The minimum atomic E-state index is -0.410. The number of hydrogen-bond donors (Lipinski definition) is 0. The smallest absolute Gasteiger partial charge is 0.264 e. The number of anilines is 1. The van der Waals surface area contributed by atoms with Crippen LogP contribution in [0.3, 0.4) is 0 Å². The molecule has 0 saturated heterocycles. The molecule has 0 aliphatic carbocycles. The van der Waals surface area contributed by atoms with Crippen LogP contribution in [0.15, 0.2) is 30.3 Å². The maximum absolute atomic E-state index is 12.9. The van der Waals surface area contributed by atoms with E-state index in [9.17, 15) is 4.79 Å². The summed E-state index contributed by atoms with van der Waals surface area (Å²) < 4.78 is 5.84. The highest BCUT2D eigenvalue weighted by atomic mass is 16.5. The molecule has 2 aliphatic heterocycles. The summed E-state index contributed by atoms with van der Waals surface area (Å²) in [4.78, 5) is 16.6. The second kappa shape index (κ2) is 5.78. The number of para-hydroxylation sites is 1. The van der Waals surface area contributed by atoms with E-state index in [1.165, 1.54) is 0 Å². The molecule has 6 heteroatoms. The summed E-state index contributed by atoms with van der Waals surface area (Å²) in [5.41, 5.74) is 3.16. The molecule has 1 atom stereocenters. The van der Waals surface area contributed by atoms with Crippen molar-refractivity contribution in [3.8, 4) is 5.75 Å². The number of benzene rings is 1. The lowest BCUT2D eigenvalue weighted by atomic mass is 10.0. The molecule has 0 radical (unpaired) electrons. The third-order valence-electron chi connectivity index (χ3n) is 4.62. The molecule has 124 valence electrons. The van der Waals surface area contributed by atoms with Crippen LogP contribution in [-0.4, -0.2) is 47.7 Å². The first-order valence-electron chi connectivity index (χ1n) is 8.18. The van der Waals surface area contributed by atoms with Gasteiger partial charge in [0.25, 0.3) is 5.91 Å². The summed E-state index contributed by atoms with van der Waals surface area (Å²) >= 11 is 0. The van der Waals surface area contributed by atoms with Crippen LogP contribution in [0.5, 0.6) is 5.75 Å². The third-order valence-corrected chi connectivity index (χ3v) is 4.62. The molecule has 3 heterocycles. The van der Waals surface area contributed by atoms with Crippen molar-refractivity contribution in [2.45, 2.75) is 25.5 Å². The van der Waals surface area contributed by atoms with Crippen LogP contribution in [0.4, 0.5) is 5.82 Å². The minimum absolute atomic E-state index is 0.0556. The quantitative estimate of drug-likeness (QED) is 0.836. The Morgan fingerprint density at radius 1 is 1.25 bits per heavy atom. The average molecular weight is 324 g/mol. The zero-order valence-corrected chi connectivity index (χ0v) is 13.9. The Labute approximate surface area is 141 Å². The Bertz CT molecular complexity index is 765. The van der Waals surface area contributed by atoms with Crippen LogP contribution in [0.25, 0.3) is 0 Å². The second-order valence-corrected chi connectivity index (χ2v) is 6.50. The first-order chi connectivity index (χ1) is 11.6. The number of fused-ring (bicyclic) bond motifs is 2. The van der Waals surface area contributed by atoms with Gasteiger partial charge >= 0.3 is 0 Å². The van der Waals surface area contributed by atoms with Crippen LogP contribution in [0.1, 0.15) is 16.8 Å². The molecule has 2 aromatic rings. The molecule has 0 saturated carbocycles. The highest BCUT2D eigenvalue weighted by Crippen LogP contribution is 2.30. The van der Waals surface area contributed by atoms with Crippen molar-refractivity contribution in [1.82, 2.24) is 15.1 Å². The highest BCUT2D eigenvalue weighted by Gasteiger charge is 2.34. The third kappa shape index (κ3) is 2.58. The Kier molecular flexibility index (Phi) is 3.59. The monoisotopic (exact) mass is 324 g/mol. The van der Waals surface area contributed by atoms with Gasteiger partial charge in [0.2, 0.25) is 0 Å². The molecule has 1 aromatic carbocycles. The van der Waals surface area contributed by atoms with Gasteiger partial charge in [0.15, 0.2) is 11.9 Å². The van der Waals surface area contributed by atoms with E-state index in [-0.39, 0.29) is 5.91 Å². The molecule has 0 N–H and O–H groups in total. The van der Waals surface area contributed by atoms with E-state index in [1.807, 2.05) is 54.2 Å². The number of amides is 1. The lowest BCUT2D eigenvalue weighted by molar-refractivity contribution is -0.138. The summed E-state index contributed by atoms with van der Waals surface area (Å²) in [5, 5.41) is 8.52. The van der Waals surface area contributed by atoms with E-state index in [0.717, 1.165) is 34.8 Å². The maximum Gasteiger partial charge on any atom is 0.264 e. The number of nitrogens with zero attached hydrogens (tertiary/aromatic N) is 4. The molecule has 1 amide bonds. The van der Waals surface area contributed by atoms with E-state index in [4.69, 9.17) is 4.74 Å². The van der Waals surface area contributed by atoms with E-state index in [0.29, 0.717) is 19.5 Å². The van der Waals surface area contributed by atoms with Crippen molar-refractivity contribution >= 4 is 11.7 Å². The van der Waals surface area contributed by atoms with Crippen LogP contribution in [0.2, 0.25) is 0 Å². The van der Waals surface area contributed by atoms with Crippen LogP contribution in [-0.2, 0) is 24.2 Å². The number of aromatic nitrogens is 2. The fourth-order valence-corrected chi connectivity index (χ4v) is 3.25. The zero-order chi connectivity index (χ0) is 16.7. The predicted octanol–water partition coefficient (Wildman–Crippen LogP) is 1.43. The van der Waals surface area contributed by atoms with Gasteiger partial charge in [-0.1, -0.05) is 18.2 Å². The van der Waals surface area contributed by atoms with Crippen molar-refractivity contribution in [1.29, 1.82) is 0 Å². The highest BCUT2D eigenvalue weighted by molar-refractivity contribution is 5.83. The molecular weight excluding hydrogens is 304 g/mol. The Morgan fingerprint density at radius 2 is 2.08 bits per heavy atom. The molecule has 0 bridgehead atoms. The molecule has 0 fully saturated rings. The molecule has 4 rings (SSSR count). The number of carbonyl (C=O) groups is 1. The normalized spacial score (nSPS) is 18.6. The van der Waals surface area contributed by atoms with Gasteiger partial charge in [0.1, 0.15) is 5.75 Å². The Morgan fingerprint density at radius 3 is 2.88 bits per heavy atom. The van der Waals surface area contributed by atoms with Gasteiger partial charge in [-0.15, -0.1) is 5.10 Å². The lowest BCUT2D eigenvalue weighted by Crippen LogP contribution is -2.44. The lowest BCUT2D eigenvalue weighted by Gasteiger charge is -2.30. The summed E-state index contributed by atoms with van der Waals surface area (Å²) in [5.74, 6) is 1.70. The average Bonchev–Trinajstić information content (AvgIpc) is 3.04. The number of hydrogen-bond acceptors (Lipinski definition) is 5. The molecule has 24 heavy (non-hydrogen) atoms. The zero-order valence-electron chi connectivity index (χ0n) is 13.9. The van der Waals surface area contributed by atoms with Crippen molar-refractivity contribution in [3.63, 3.8) is 0 Å². The van der Waals surface area contributed by atoms with Gasteiger partial charge < -0.3 is 14.5 Å². The maximum atomic E-state index is 12.9. The van der Waals surface area contributed by atoms with Crippen LogP contribution >= 0.6 is 0 Å². The van der Waals surface area contributed by atoms with E-state index >= 15 is 0 Å². The number of rotatable bonds is 2. The molecule has 1 aromatic heterocycles. The SMILES string of the molecule is CN(C)c1cc2c(nn1)CCN(C(=O)C1Cc3ccccc3O1)C2. The van der Waals surface area contributed by atoms with E-state index in [1.54, 1.807) is 0 Å². The van der Waals surface area contributed by atoms with Gasteiger partial charge in [-0.2, -0.15) is 5.10 Å². The Balaban J connectivity index is 1.50. The first kappa shape index (κ1) is 14.9. The summed E-state index contributed by atoms with van der Waals surface area (Å²) in [6.45, 7) is 1.23. The van der Waals surface area contributed by atoms with E-state index < -0.39 is 6.10 Å². The fraction of sp³-hybridized carbons (Fsp3) is 0.389. The topological polar surface area (TPSA) is 58.6 Å². The summed E-state index contributed by atoms with van der Waals surface area (Å²) in [6, 6.07) is 9.88. The fourth-order valence-electron chi connectivity index (χ4n) is 3.25. The standard InChI is InChI=1S/C18H20N4O2/c1-21(2)17-10-13-11-22(8-7-14(13)19-20-17)18(23)16-9-12-5-3-4-6-15(12)24-16/h3-6,10,16H,7-9,11H2,1-2H3. The predicted molar refractivity (Wildman–Crippen MR) is 90.0 cm³/mol. The minimum Gasteiger partial charge on any atom is -0.480 e. The number of ether oxygens (including phenoxy) is 1. The van der Waals surface area contributed by atoms with Crippen LogP contribution in [0, 0.1) is 0 Å². The summed E-state index contributed by atoms with van der Waals surface area (Å²) in [6.07, 6.45) is 0.976. The number of carbonyl (C=O) groups excluding carboxylic acids is 1. The van der Waals surface area contributed by atoms with Crippen LogP contribution < -0.4 is 9.64 Å². The summed E-state index contributed by atoms with van der Waals surface area (Å²) in [7, 11) is 3.87. The molecule has 0 spiro atoms. The Hall–Kier alpha value is -2.63. The van der Waals surface area contributed by atoms with Crippen molar-refractivity contribution in [2.24, 2.45) is 0 Å².